The van der Waals surface area contributed by atoms with E-state index in [2.05, 4.69) is 0 Å². The maximum atomic E-state index is 13.5. The molecule has 2 rings (SSSR count). The normalized spacial score (nSPS) is 24.6. The van der Waals surface area contributed by atoms with Crippen LogP contribution in [0.4, 0.5) is 27.6 Å². The van der Waals surface area contributed by atoms with Crippen molar-refractivity contribution in [3.8, 4) is 0 Å². The van der Waals surface area contributed by atoms with Crippen molar-refractivity contribution in [2.75, 3.05) is 11.9 Å². The molecule has 1 aliphatic carbocycles. The molecular weight excluding hydrogens is 295 g/mol. The Morgan fingerprint density at radius 1 is 1.10 bits per heavy atom. The quantitative estimate of drug-likeness (QED) is 0.512. The van der Waals surface area contributed by atoms with Crippen LogP contribution in [0.15, 0.2) is 0 Å². The molecule has 0 saturated heterocycles. The average Bonchev–Trinajstić information content (AvgIpc) is 2.43. The number of anilines is 1. The van der Waals surface area contributed by atoms with Gasteiger partial charge in [-0.25, -0.2) is 22.0 Å². The van der Waals surface area contributed by atoms with Gasteiger partial charge in [-0.05, 0) is 18.8 Å². The van der Waals surface area contributed by atoms with Crippen LogP contribution in [0.1, 0.15) is 19.8 Å². The van der Waals surface area contributed by atoms with Gasteiger partial charge in [0.2, 0.25) is 11.7 Å². The van der Waals surface area contributed by atoms with Crippen molar-refractivity contribution in [3.05, 3.63) is 29.1 Å². The number of nitrogens with two attached hydrogens (primary N) is 1. The van der Waals surface area contributed by atoms with Gasteiger partial charge in [0, 0.05) is 6.54 Å². The number of rotatable bonds is 3. The van der Waals surface area contributed by atoms with Crippen LogP contribution in [-0.4, -0.2) is 12.5 Å². The summed E-state index contributed by atoms with van der Waals surface area (Å²) < 4.78 is 66.0. The highest BCUT2D eigenvalue weighted by Gasteiger charge is 2.47. The van der Waals surface area contributed by atoms with Gasteiger partial charge >= 0.3 is 0 Å². The highest BCUT2D eigenvalue weighted by molar-refractivity contribution is 5.96. The number of halogens is 5. The molecular formula is C13H13F5N2O. The van der Waals surface area contributed by atoms with Crippen molar-refractivity contribution in [2.45, 2.75) is 19.8 Å². The summed E-state index contributed by atoms with van der Waals surface area (Å²) >= 11 is 0. The fourth-order valence-electron chi connectivity index (χ4n) is 2.68. The van der Waals surface area contributed by atoms with Crippen molar-refractivity contribution in [1.29, 1.82) is 0 Å². The van der Waals surface area contributed by atoms with Gasteiger partial charge in [-0.2, -0.15) is 0 Å². The molecule has 1 fully saturated rings. The highest BCUT2D eigenvalue weighted by Crippen LogP contribution is 2.45. The van der Waals surface area contributed by atoms with Crippen LogP contribution in [0.2, 0.25) is 0 Å². The largest absolute Gasteiger partial charge is 0.329 e. The lowest BCUT2D eigenvalue weighted by atomic mass is 9.62. The van der Waals surface area contributed by atoms with E-state index < -0.39 is 46.1 Å². The zero-order valence-electron chi connectivity index (χ0n) is 11.1. The highest BCUT2D eigenvalue weighted by atomic mass is 19.2. The summed E-state index contributed by atoms with van der Waals surface area (Å²) in [6, 6.07) is 0. The molecule has 0 unspecified atom stereocenters. The van der Waals surface area contributed by atoms with E-state index in [9.17, 15) is 26.7 Å². The second kappa shape index (κ2) is 5.25. The van der Waals surface area contributed by atoms with E-state index >= 15 is 0 Å². The van der Waals surface area contributed by atoms with Crippen LogP contribution in [0.3, 0.4) is 0 Å². The molecule has 1 aromatic carbocycles. The van der Waals surface area contributed by atoms with E-state index in [-0.39, 0.29) is 12.5 Å². The lowest BCUT2D eigenvalue weighted by Gasteiger charge is -2.44. The van der Waals surface area contributed by atoms with Crippen molar-refractivity contribution >= 4 is 11.6 Å². The van der Waals surface area contributed by atoms with Gasteiger partial charge in [0.25, 0.3) is 0 Å². The molecule has 116 valence electrons. The first kappa shape index (κ1) is 15.7. The number of nitrogens with one attached hydrogen (secondary N) is 1. The van der Waals surface area contributed by atoms with Gasteiger partial charge in [-0.3, -0.25) is 4.79 Å². The molecule has 0 aromatic heterocycles. The predicted molar refractivity (Wildman–Crippen MR) is 64.7 cm³/mol. The SMILES string of the molecule is CC1CC(CN)(C(=O)Nc2c(F)c(F)c(F)c(F)c2F)C1. The maximum Gasteiger partial charge on any atom is 0.232 e. The first-order valence-electron chi connectivity index (χ1n) is 6.26. The van der Waals surface area contributed by atoms with E-state index in [1.165, 1.54) is 0 Å². The van der Waals surface area contributed by atoms with E-state index in [0.29, 0.717) is 12.8 Å². The molecule has 0 bridgehead atoms. The van der Waals surface area contributed by atoms with Gasteiger partial charge in [-0.1, -0.05) is 6.92 Å². The molecule has 0 spiro atoms. The Morgan fingerprint density at radius 2 is 1.52 bits per heavy atom. The van der Waals surface area contributed by atoms with Crippen LogP contribution >= 0.6 is 0 Å². The third-order valence-electron chi connectivity index (χ3n) is 3.80. The summed E-state index contributed by atoms with van der Waals surface area (Å²) in [5.41, 5.74) is 3.12. The fourth-order valence-corrected chi connectivity index (χ4v) is 2.68. The average molecular weight is 308 g/mol. The number of amides is 1. The fraction of sp³-hybridized carbons (Fsp3) is 0.462. The van der Waals surface area contributed by atoms with Gasteiger partial charge in [-0.15, -0.1) is 0 Å². The zero-order valence-corrected chi connectivity index (χ0v) is 11.1. The number of carbonyl (C=O) groups excluding carboxylic acids is 1. The molecule has 1 aliphatic rings. The molecule has 3 N–H and O–H groups in total. The molecule has 1 aromatic rings. The van der Waals surface area contributed by atoms with Crippen LogP contribution < -0.4 is 11.1 Å². The lowest BCUT2D eigenvalue weighted by Crippen LogP contribution is -2.51. The summed E-state index contributed by atoms with van der Waals surface area (Å²) in [5, 5.41) is 1.79. The minimum atomic E-state index is -2.27. The summed E-state index contributed by atoms with van der Waals surface area (Å²) in [4.78, 5) is 12.0. The van der Waals surface area contributed by atoms with E-state index in [4.69, 9.17) is 5.73 Å². The molecule has 3 nitrogen and oxygen atoms in total. The zero-order chi connectivity index (χ0) is 15.9. The Balaban J connectivity index is 2.34. The monoisotopic (exact) mass is 308 g/mol. The van der Waals surface area contributed by atoms with Crippen molar-refractivity contribution in [2.24, 2.45) is 17.1 Å². The molecule has 1 saturated carbocycles. The third kappa shape index (κ3) is 2.37. The second-order valence-corrected chi connectivity index (χ2v) is 5.40. The Kier molecular flexibility index (Phi) is 3.92. The summed E-state index contributed by atoms with van der Waals surface area (Å²) in [5.74, 6) is -11.3. The molecule has 0 atom stereocenters. The van der Waals surface area contributed by atoms with Crippen molar-refractivity contribution < 1.29 is 26.7 Å². The number of carbonyl (C=O) groups is 1. The first-order valence-corrected chi connectivity index (χ1v) is 6.26. The molecule has 21 heavy (non-hydrogen) atoms. The van der Waals surface area contributed by atoms with Crippen molar-refractivity contribution in [1.82, 2.24) is 0 Å². The van der Waals surface area contributed by atoms with Gasteiger partial charge in [0.15, 0.2) is 23.3 Å². The van der Waals surface area contributed by atoms with Gasteiger partial charge in [0.05, 0.1) is 5.41 Å². The van der Waals surface area contributed by atoms with Gasteiger partial charge < -0.3 is 11.1 Å². The van der Waals surface area contributed by atoms with Crippen molar-refractivity contribution in [3.63, 3.8) is 0 Å². The van der Waals surface area contributed by atoms with Crippen LogP contribution in [0.5, 0.6) is 0 Å². The number of hydrogen-bond acceptors (Lipinski definition) is 2. The topological polar surface area (TPSA) is 55.1 Å². The third-order valence-corrected chi connectivity index (χ3v) is 3.80. The summed E-state index contributed by atoms with van der Waals surface area (Å²) in [6.45, 7) is 1.79. The minimum Gasteiger partial charge on any atom is -0.329 e. The maximum absolute atomic E-state index is 13.5. The Hall–Kier alpha value is -1.70. The summed E-state index contributed by atoms with van der Waals surface area (Å²) in [6.07, 6.45) is 0.787. The van der Waals surface area contributed by atoms with Crippen LogP contribution in [-0.2, 0) is 4.79 Å². The lowest BCUT2D eigenvalue weighted by molar-refractivity contribution is -0.132. The molecule has 1 amide bonds. The molecule has 0 heterocycles. The standard InChI is InChI=1S/C13H13F5N2O/c1-5-2-13(3-5,4-19)12(21)20-11-9(17)7(15)6(14)8(16)10(11)18/h5H,2-4,19H2,1H3,(H,20,21). The molecule has 8 heteroatoms. The van der Waals surface area contributed by atoms with E-state index in [0.717, 1.165) is 0 Å². The van der Waals surface area contributed by atoms with Crippen LogP contribution in [0.25, 0.3) is 0 Å². The van der Waals surface area contributed by atoms with Gasteiger partial charge in [0.1, 0.15) is 5.69 Å². The van der Waals surface area contributed by atoms with E-state index in [1.54, 1.807) is 5.32 Å². The molecule has 0 aliphatic heterocycles. The smallest absolute Gasteiger partial charge is 0.232 e. The Labute approximate surface area is 117 Å². The first-order chi connectivity index (χ1) is 9.73. The second-order valence-electron chi connectivity index (χ2n) is 5.40. The number of hydrogen-bond donors (Lipinski definition) is 2. The Morgan fingerprint density at radius 3 is 1.90 bits per heavy atom. The predicted octanol–water partition coefficient (Wildman–Crippen LogP) is 2.70. The minimum absolute atomic E-state index is 0.0709. The Bertz CT molecular complexity index is 570. The number of benzene rings is 1. The van der Waals surface area contributed by atoms with Crippen LogP contribution in [0, 0.1) is 40.4 Å². The van der Waals surface area contributed by atoms with E-state index in [1.807, 2.05) is 6.92 Å². The molecule has 0 radical (unpaired) electrons. The summed E-state index contributed by atoms with van der Waals surface area (Å²) in [7, 11) is 0.